The number of nitrogens with one attached hydrogen (secondary N) is 3. The largest absolute Gasteiger partial charge is 0.493 e. The lowest BCUT2D eigenvalue weighted by Crippen LogP contribution is -2.35. The summed E-state index contributed by atoms with van der Waals surface area (Å²) in [6.45, 7) is 0. The number of amides is 1. The molecular weight excluding hydrogens is 226 g/mol. The van der Waals surface area contributed by atoms with Gasteiger partial charge in [-0.2, -0.15) is 0 Å². The molecule has 17 heavy (non-hydrogen) atoms. The summed E-state index contributed by atoms with van der Waals surface area (Å²) in [4.78, 5) is 10.1. The van der Waals surface area contributed by atoms with Crippen molar-refractivity contribution in [1.82, 2.24) is 11.0 Å². The van der Waals surface area contributed by atoms with Gasteiger partial charge in [-0.25, -0.2) is 0 Å². The van der Waals surface area contributed by atoms with E-state index in [1.807, 2.05) is 0 Å². The molecule has 0 bridgehead atoms. The van der Waals surface area contributed by atoms with Crippen molar-refractivity contribution in [1.29, 1.82) is 0 Å². The predicted octanol–water partition coefficient (Wildman–Crippen LogP) is 0.290. The maximum atomic E-state index is 10.1. The van der Waals surface area contributed by atoms with Crippen molar-refractivity contribution in [2.75, 3.05) is 26.8 Å². The Morgan fingerprint density at radius 1 is 1.06 bits per heavy atom. The first-order valence-electron chi connectivity index (χ1n) is 4.77. The Morgan fingerprint density at radius 2 is 1.65 bits per heavy atom. The molecule has 0 atom stereocenters. The fraction of sp³-hybridized carbons (Fsp3) is 0.300. The molecule has 0 aromatic heterocycles. The van der Waals surface area contributed by atoms with E-state index in [1.54, 1.807) is 12.1 Å². The minimum atomic E-state index is 0.504. The highest BCUT2D eigenvalue weighted by Gasteiger charge is 2.12. The number of hydrogen-bond acceptors (Lipinski definition) is 6. The number of hydrogen-bond donors (Lipinski definition) is 3. The number of benzene rings is 1. The van der Waals surface area contributed by atoms with Crippen molar-refractivity contribution in [3.8, 4) is 17.2 Å². The van der Waals surface area contributed by atoms with E-state index in [9.17, 15) is 4.79 Å². The Morgan fingerprint density at radius 3 is 2.06 bits per heavy atom. The highest BCUT2D eigenvalue weighted by atomic mass is 16.5. The summed E-state index contributed by atoms with van der Waals surface area (Å²) in [5.74, 6) is 1.54. The lowest BCUT2D eigenvalue weighted by atomic mass is 10.2. The molecule has 0 saturated heterocycles. The molecule has 1 rings (SSSR count). The lowest BCUT2D eigenvalue weighted by Gasteiger charge is -2.15. The van der Waals surface area contributed by atoms with E-state index in [2.05, 4.69) is 16.4 Å². The molecule has 1 aromatic carbocycles. The van der Waals surface area contributed by atoms with Gasteiger partial charge in [-0.05, 0) is 0 Å². The predicted molar refractivity (Wildman–Crippen MR) is 62.1 cm³/mol. The van der Waals surface area contributed by atoms with Crippen molar-refractivity contribution >= 4 is 12.1 Å². The average Bonchev–Trinajstić information content (AvgIpc) is 2.37. The van der Waals surface area contributed by atoms with E-state index in [-0.39, 0.29) is 0 Å². The molecule has 0 heterocycles. The van der Waals surface area contributed by atoms with E-state index < -0.39 is 0 Å². The third-order valence-electron chi connectivity index (χ3n) is 2.00. The molecule has 0 saturated carbocycles. The number of methoxy groups -OCH3 is 3. The van der Waals surface area contributed by atoms with Gasteiger partial charge in [-0.1, -0.05) is 0 Å². The highest BCUT2D eigenvalue weighted by Crippen LogP contribution is 2.39. The Kier molecular flexibility index (Phi) is 4.89. The van der Waals surface area contributed by atoms with Gasteiger partial charge in [0.2, 0.25) is 12.2 Å². The van der Waals surface area contributed by atoms with Crippen LogP contribution in [0.1, 0.15) is 0 Å². The summed E-state index contributed by atoms with van der Waals surface area (Å²) in [7, 11) is 4.58. The number of carbonyl (C=O) groups excluding carboxylic acids is 1. The fourth-order valence-electron chi connectivity index (χ4n) is 1.29. The Hall–Kier alpha value is -2.15. The molecule has 7 heteroatoms. The van der Waals surface area contributed by atoms with Crippen LogP contribution in [-0.2, 0) is 4.79 Å². The van der Waals surface area contributed by atoms with E-state index in [4.69, 9.17) is 14.2 Å². The van der Waals surface area contributed by atoms with Crippen LogP contribution in [-0.4, -0.2) is 27.7 Å². The summed E-state index contributed by atoms with van der Waals surface area (Å²) < 4.78 is 15.5. The molecule has 0 aliphatic carbocycles. The Balaban J connectivity index is 2.96. The molecule has 0 radical (unpaired) electrons. The van der Waals surface area contributed by atoms with E-state index in [1.165, 1.54) is 21.3 Å². The molecule has 0 aliphatic heterocycles. The molecule has 0 fully saturated rings. The fourth-order valence-corrected chi connectivity index (χ4v) is 1.29. The minimum absolute atomic E-state index is 0.504. The van der Waals surface area contributed by atoms with Gasteiger partial charge in [-0.3, -0.25) is 10.2 Å². The first kappa shape index (κ1) is 12.9. The first-order valence-corrected chi connectivity index (χ1v) is 4.77. The topological polar surface area (TPSA) is 80.9 Å². The summed E-state index contributed by atoms with van der Waals surface area (Å²) in [5, 5.41) is 0. The van der Waals surface area contributed by atoms with Crippen LogP contribution in [0.2, 0.25) is 0 Å². The zero-order chi connectivity index (χ0) is 12.7. The molecule has 1 amide bonds. The monoisotopic (exact) mass is 241 g/mol. The molecule has 0 spiro atoms. The summed E-state index contributed by atoms with van der Waals surface area (Å²) in [5.41, 5.74) is 8.10. The van der Waals surface area contributed by atoms with Crippen LogP contribution in [0.15, 0.2) is 12.1 Å². The van der Waals surface area contributed by atoms with Gasteiger partial charge in [0.05, 0.1) is 27.0 Å². The van der Waals surface area contributed by atoms with Gasteiger partial charge in [0.1, 0.15) is 0 Å². The van der Waals surface area contributed by atoms with Crippen molar-refractivity contribution in [3.63, 3.8) is 0 Å². The highest BCUT2D eigenvalue weighted by molar-refractivity contribution is 5.62. The second-order valence-electron chi connectivity index (χ2n) is 2.93. The number of carbonyl (C=O) groups is 1. The van der Waals surface area contributed by atoms with E-state index in [0.29, 0.717) is 29.3 Å². The Labute approximate surface area is 99.0 Å². The van der Waals surface area contributed by atoms with Crippen LogP contribution in [0.3, 0.4) is 0 Å². The van der Waals surface area contributed by atoms with Crippen LogP contribution in [0.5, 0.6) is 17.2 Å². The van der Waals surface area contributed by atoms with Crippen LogP contribution in [0.25, 0.3) is 0 Å². The van der Waals surface area contributed by atoms with Crippen LogP contribution in [0.4, 0.5) is 5.69 Å². The van der Waals surface area contributed by atoms with Crippen LogP contribution >= 0.6 is 0 Å². The van der Waals surface area contributed by atoms with E-state index >= 15 is 0 Å². The van der Waals surface area contributed by atoms with Crippen molar-refractivity contribution in [2.24, 2.45) is 0 Å². The second kappa shape index (κ2) is 6.44. The smallest absolute Gasteiger partial charge is 0.222 e. The van der Waals surface area contributed by atoms with Gasteiger partial charge in [-0.15, -0.1) is 5.53 Å². The second-order valence-corrected chi connectivity index (χ2v) is 2.93. The van der Waals surface area contributed by atoms with Gasteiger partial charge in [0.15, 0.2) is 11.5 Å². The SMILES string of the molecule is COc1cc(NNNC=O)cc(OC)c1OC. The van der Waals surface area contributed by atoms with Crippen molar-refractivity contribution in [2.45, 2.75) is 0 Å². The zero-order valence-corrected chi connectivity index (χ0v) is 9.87. The third-order valence-corrected chi connectivity index (χ3v) is 2.00. The molecule has 0 unspecified atom stereocenters. The van der Waals surface area contributed by atoms with Gasteiger partial charge in [0, 0.05) is 12.1 Å². The van der Waals surface area contributed by atoms with Gasteiger partial charge in [0.25, 0.3) is 0 Å². The first-order chi connectivity index (χ1) is 8.26. The van der Waals surface area contributed by atoms with E-state index in [0.717, 1.165) is 0 Å². The molecule has 0 aliphatic rings. The van der Waals surface area contributed by atoms with Crippen molar-refractivity contribution in [3.05, 3.63) is 12.1 Å². The number of anilines is 1. The van der Waals surface area contributed by atoms with Gasteiger partial charge < -0.3 is 19.6 Å². The summed E-state index contributed by atoms with van der Waals surface area (Å²) in [6, 6.07) is 3.39. The zero-order valence-electron chi connectivity index (χ0n) is 9.87. The third kappa shape index (κ3) is 3.15. The Bertz CT molecular complexity index is 359. The summed E-state index contributed by atoms with van der Waals surface area (Å²) >= 11 is 0. The number of rotatable bonds is 7. The summed E-state index contributed by atoms with van der Waals surface area (Å²) in [6.07, 6.45) is 0.505. The molecular formula is C10H15N3O4. The molecule has 94 valence electrons. The minimum Gasteiger partial charge on any atom is -0.493 e. The van der Waals surface area contributed by atoms with Crippen LogP contribution < -0.4 is 30.6 Å². The number of hydrazine groups is 2. The molecule has 1 aromatic rings. The maximum Gasteiger partial charge on any atom is 0.222 e. The standard InChI is InChI=1S/C10H15N3O4/c1-15-8-4-7(12-13-11-6-14)5-9(16-2)10(8)17-3/h4-6,12-13H,1-3H3,(H,11,14). The van der Waals surface area contributed by atoms with Crippen LogP contribution in [0, 0.1) is 0 Å². The van der Waals surface area contributed by atoms with Gasteiger partial charge >= 0.3 is 0 Å². The average molecular weight is 241 g/mol. The number of ether oxygens (including phenoxy) is 3. The molecule has 7 nitrogen and oxygen atoms in total. The normalized spacial score (nSPS) is 9.35. The lowest BCUT2D eigenvalue weighted by molar-refractivity contribution is -0.110. The molecule has 3 N–H and O–H groups in total. The maximum absolute atomic E-state index is 10.1. The quantitative estimate of drug-likeness (QED) is 0.362. The van der Waals surface area contributed by atoms with Crippen molar-refractivity contribution < 1.29 is 19.0 Å².